The molecule has 2 atom stereocenters. The number of rotatable bonds is 2. The first kappa shape index (κ1) is 12.4. The molecule has 100 valence electrons. The van der Waals surface area contributed by atoms with Gasteiger partial charge < -0.3 is 4.74 Å². The van der Waals surface area contributed by atoms with Crippen molar-refractivity contribution >= 4 is 11.9 Å². The fourth-order valence-electron chi connectivity index (χ4n) is 3.28. The molecule has 2 saturated heterocycles. The summed E-state index contributed by atoms with van der Waals surface area (Å²) in [6, 6.07) is 8.59. The van der Waals surface area contributed by atoms with Crippen LogP contribution in [0.15, 0.2) is 29.8 Å². The first-order chi connectivity index (χ1) is 9.20. The second-order valence-electron chi connectivity index (χ2n) is 5.38. The molecule has 19 heavy (non-hydrogen) atoms. The van der Waals surface area contributed by atoms with Crippen molar-refractivity contribution in [2.75, 3.05) is 14.2 Å². The van der Waals surface area contributed by atoms with Gasteiger partial charge in [-0.15, -0.1) is 0 Å². The summed E-state index contributed by atoms with van der Waals surface area (Å²) >= 11 is 0. The SMILES string of the molecule is COc1ccccc1/C=C1/C(=O)CC2CCC1N2C. The molecule has 0 aliphatic carbocycles. The summed E-state index contributed by atoms with van der Waals surface area (Å²) in [5.41, 5.74) is 1.94. The predicted octanol–water partition coefficient (Wildman–Crippen LogP) is 2.51. The molecule has 0 N–H and O–H groups in total. The van der Waals surface area contributed by atoms with Gasteiger partial charge in [-0.05, 0) is 32.0 Å². The van der Waals surface area contributed by atoms with Crippen LogP contribution in [0, 0.1) is 0 Å². The lowest BCUT2D eigenvalue weighted by molar-refractivity contribution is -0.118. The standard InChI is InChI=1S/C16H19NO2/c1-17-12-7-8-14(17)13(15(18)10-12)9-11-5-3-4-6-16(11)19-2/h3-6,9,12,14H,7-8,10H2,1-2H3/b13-9+. The van der Waals surface area contributed by atoms with Crippen LogP contribution in [-0.4, -0.2) is 36.9 Å². The summed E-state index contributed by atoms with van der Waals surface area (Å²) in [6.45, 7) is 0. The van der Waals surface area contributed by atoms with Gasteiger partial charge in [-0.3, -0.25) is 9.69 Å². The molecule has 2 fully saturated rings. The van der Waals surface area contributed by atoms with Crippen LogP contribution in [0.4, 0.5) is 0 Å². The summed E-state index contributed by atoms with van der Waals surface area (Å²) in [7, 11) is 3.79. The molecule has 2 aliphatic rings. The third kappa shape index (κ3) is 2.08. The molecule has 0 radical (unpaired) electrons. The molecular weight excluding hydrogens is 238 g/mol. The molecule has 3 rings (SSSR count). The summed E-state index contributed by atoms with van der Waals surface area (Å²) in [5, 5.41) is 0. The number of hydrogen-bond donors (Lipinski definition) is 0. The lowest BCUT2D eigenvalue weighted by Gasteiger charge is -2.32. The predicted molar refractivity (Wildman–Crippen MR) is 75.2 cm³/mol. The van der Waals surface area contributed by atoms with Crippen LogP contribution < -0.4 is 4.74 Å². The summed E-state index contributed by atoms with van der Waals surface area (Å²) < 4.78 is 5.36. The Labute approximate surface area is 113 Å². The van der Waals surface area contributed by atoms with Crippen molar-refractivity contribution in [3.05, 3.63) is 35.4 Å². The van der Waals surface area contributed by atoms with Gasteiger partial charge in [0.1, 0.15) is 5.75 Å². The Bertz CT molecular complexity index is 535. The van der Waals surface area contributed by atoms with E-state index in [0.29, 0.717) is 18.2 Å². The number of methoxy groups -OCH3 is 1. The normalized spacial score (nSPS) is 28.9. The first-order valence-electron chi connectivity index (χ1n) is 6.80. The highest BCUT2D eigenvalue weighted by Crippen LogP contribution is 2.37. The van der Waals surface area contributed by atoms with Crippen LogP contribution in [0.3, 0.4) is 0 Å². The lowest BCUT2D eigenvalue weighted by atomic mass is 9.93. The van der Waals surface area contributed by atoms with E-state index in [9.17, 15) is 4.79 Å². The zero-order valence-electron chi connectivity index (χ0n) is 11.4. The van der Waals surface area contributed by atoms with Gasteiger partial charge >= 0.3 is 0 Å². The van der Waals surface area contributed by atoms with Gasteiger partial charge in [0, 0.05) is 29.6 Å². The zero-order valence-corrected chi connectivity index (χ0v) is 11.4. The molecule has 2 bridgehead atoms. The van der Waals surface area contributed by atoms with E-state index in [4.69, 9.17) is 4.74 Å². The second kappa shape index (κ2) is 4.82. The highest BCUT2D eigenvalue weighted by Gasteiger charge is 2.41. The minimum Gasteiger partial charge on any atom is -0.496 e. The third-order valence-electron chi connectivity index (χ3n) is 4.39. The lowest BCUT2D eigenvalue weighted by Crippen LogP contribution is -2.41. The van der Waals surface area contributed by atoms with Gasteiger partial charge in [-0.2, -0.15) is 0 Å². The average molecular weight is 257 g/mol. The monoisotopic (exact) mass is 257 g/mol. The van der Waals surface area contributed by atoms with Crippen molar-refractivity contribution in [3.63, 3.8) is 0 Å². The van der Waals surface area contributed by atoms with Gasteiger partial charge in [-0.1, -0.05) is 18.2 Å². The average Bonchev–Trinajstić information content (AvgIpc) is 2.68. The molecule has 1 aromatic rings. The van der Waals surface area contributed by atoms with Gasteiger partial charge in [-0.25, -0.2) is 0 Å². The van der Waals surface area contributed by atoms with Crippen molar-refractivity contribution in [2.24, 2.45) is 0 Å². The minimum absolute atomic E-state index is 0.288. The Kier molecular flexibility index (Phi) is 3.15. The van der Waals surface area contributed by atoms with Crippen LogP contribution >= 0.6 is 0 Å². The van der Waals surface area contributed by atoms with Crippen molar-refractivity contribution in [2.45, 2.75) is 31.3 Å². The Balaban J connectivity index is 2.00. The molecule has 3 nitrogen and oxygen atoms in total. The minimum atomic E-state index is 0.288. The molecular formula is C16H19NO2. The molecule has 0 spiro atoms. The largest absolute Gasteiger partial charge is 0.496 e. The fourth-order valence-corrected chi connectivity index (χ4v) is 3.28. The van der Waals surface area contributed by atoms with E-state index in [-0.39, 0.29) is 6.04 Å². The molecule has 2 unspecified atom stereocenters. The zero-order chi connectivity index (χ0) is 13.4. The van der Waals surface area contributed by atoms with Gasteiger partial charge in [0.05, 0.1) is 7.11 Å². The van der Waals surface area contributed by atoms with Crippen LogP contribution in [0.2, 0.25) is 0 Å². The molecule has 0 aromatic heterocycles. The Morgan fingerprint density at radius 2 is 2.11 bits per heavy atom. The molecule has 2 heterocycles. The van der Waals surface area contributed by atoms with Crippen molar-refractivity contribution < 1.29 is 9.53 Å². The quantitative estimate of drug-likeness (QED) is 0.762. The van der Waals surface area contributed by atoms with E-state index in [0.717, 1.165) is 29.7 Å². The number of fused-ring (bicyclic) bond motifs is 2. The molecule has 0 amide bonds. The van der Waals surface area contributed by atoms with E-state index in [1.807, 2.05) is 30.3 Å². The van der Waals surface area contributed by atoms with E-state index in [2.05, 4.69) is 11.9 Å². The Hall–Kier alpha value is -1.61. The fraction of sp³-hybridized carbons (Fsp3) is 0.438. The maximum Gasteiger partial charge on any atom is 0.162 e. The van der Waals surface area contributed by atoms with Crippen molar-refractivity contribution in [1.29, 1.82) is 0 Å². The van der Waals surface area contributed by atoms with E-state index < -0.39 is 0 Å². The van der Waals surface area contributed by atoms with E-state index >= 15 is 0 Å². The van der Waals surface area contributed by atoms with Crippen molar-refractivity contribution in [1.82, 2.24) is 4.90 Å². The number of likely N-dealkylation sites (N-methyl/N-ethyl adjacent to an activating group) is 1. The highest BCUT2D eigenvalue weighted by atomic mass is 16.5. The number of piperidine rings is 1. The van der Waals surface area contributed by atoms with Gasteiger partial charge in [0.15, 0.2) is 5.78 Å². The number of para-hydroxylation sites is 1. The number of benzene rings is 1. The summed E-state index contributed by atoms with van der Waals surface area (Å²) in [4.78, 5) is 14.6. The number of Topliss-reactive ketones (excluding diaryl/α,β-unsaturated/α-hetero) is 1. The third-order valence-corrected chi connectivity index (χ3v) is 4.39. The summed E-state index contributed by atoms with van der Waals surface area (Å²) in [6.07, 6.45) is 4.90. The van der Waals surface area contributed by atoms with Crippen LogP contribution in [0.1, 0.15) is 24.8 Å². The molecule has 2 aliphatic heterocycles. The number of carbonyl (C=O) groups excluding carboxylic acids is 1. The number of ketones is 1. The molecule has 1 aromatic carbocycles. The molecule has 0 saturated carbocycles. The maximum atomic E-state index is 12.3. The maximum absolute atomic E-state index is 12.3. The smallest absolute Gasteiger partial charge is 0.162 e. The van der Waals surface area contributed by atoms with Crippen molar-refractivity contribution in [3.8, 4) is 5.75 Å². The summed E-state index contributed by atoms with van der Waals surface area (Å²) in [5.74, 6) is 1.13. The number of ether oxygens (including phenoxy) is 1. The number of carbonyl (C=O) groups is 1. The first-order valence-corrected chi connectivity index (χ1v) is 6.80. The number of nitrogens with zero attached hydrogens (tertiary/aromatic N) is 1. The Morgan fingerprint density at radius 1 is 1.32 bits per heavy atom. The number of hydrogen-bond acceptors (Lipinski definition) is 3. The topological polar surface area (TPSA) is 29.5 Å². The molecule has 3 heteroatoms. The van der Waals surface area contributed by atoms with E-state index in [1.165, 1.54) is 0 Å². The second-order valence-corrected chi connectivity index (χ2v) is 5.38. The Morgan fingerprint density at radius 3 is 2.89 bits per heavy atom. The van der Waals surface area contributed by atoms with Crippen LogP contribution in [0.25, 0.3) is 6.08 Å². The van der Waals surface area contributed by atoms with Gasteiger partial charge in [0.25, 0.3) is 0 Å². The highest BCUT2D eigenvalue weighted by molar-refractivity contribution is 6.02. The van der Waals surface area contributed by atoms with E-state index in [1.54, 1.807) is 7.11 Å². The van der Waals surface area contributed by atoms with Gasteiger partial charge in [0.2, 0.25) is 0 Å². The van der Waals surface area contributed by atoms with Crippen LogP contribution in [0.5, 0.6) is 5.75 Å². The van der Waals surface area contributed by atoms with Crippen LogP contribution in [-0.2, 0) is 4.79 Å².